The first-order valence-corrected chi connectivity index (χ1v) is 8.46. The van der Waals surface area contributed by atoms with Crippen molar-refractivity contribution in [2.75, 3.05) is 13.7 Å². The van der Waals surface area contributed by atoms with Crippen LogP contribution in [-0.2, 0) is 11.3 Å². The molecule has 0 aliphatic heterocycles. The molecule has 6 heteroatoms. The van der Waals surface area contributed by atoms with Gasteiger partial charge in [-0.05, 0) is 50.1 Å². The first kappa shape index (κ1) is 20.0. The van der Waals surface area contributed by atoms with Gasteiger partial charge in [-0.1, -0.05) is 24.1 Å². The third-order valence-electron chi connectivity index (χ3n) is 3.88. The second-order valence-electron chi connectivity index (χ2n) is 6.01. The Balaban J connectivity index is 2.18. The zero-order valence-corrected chi connectivity index (χ0v) is 16.0. The van der Waals surface area contributed by atoms with Crippen molar-refractivity contribution in [2.45, 2.75) is 27.3 Å². The lowest BCUT2D eigenvalue weighted by Gasteiger charge is -2.18. The average molecular weight is 365 g/mol. The summed E-state index contributed by atoms with van der Waals surface area (Å²) in [5, 5.41) is 8.54. The van der Waals surface area contributed by atoms with Crippen LogP contribution >= 0.6 is 0 Å². The van der Waals surface area contributed by atoms with Gasteiger partial charge in [0.1, 0.15) is 17.2 Å². The molecule has 0 aliphatic carbocycles. The molecule has 0 aliphatic rings. The van der Waals surface area contributed by atoms with Gasteiger partial charge in [-0.2, -0.15) is 10.2 Å². The molecule has 0 fully saturated rings. The number of carbonyl (C=O) groups excluding carboxylic acids is 1. The van der Waals surface area contributed by atoms with Gasteiger partial charge >= 0.3 is 6.09 Å². The summed E-state index contributed by atoms with van der Waals surface area (Å²) in [6.07, 6.45) is 4.87. The summed E-state index contributed by atoms with van der Waals surface area (Å²) in [7, 11) is 1.33. The number of hydrogen-bond donors (Lipinski definition) is 0. The van der Waals surface area contributed by atoms with Crippen LogP contribution < -0.4 is 0 Å². The van der Waals surface area contributed by atoms with E-state index >= 15 is 0 Å². The van der Waals surface area contributed by atoms with Crippen molar-refractivity contribution in [2.24, 2.45) is 10.2 Å². The molecule has 140 valence electrons. The van der Waals surface area contributed by atoms with Gasteiger partial charge in [-0.15, -0.1) is 6.42 Å². The number of hydrogen-bond acceptors (Lipinski definition) is 5. The smallest absolute Gasteiger partial charge is 0.410 e. The van der Waals surface area contributed by atoms with Gasteiger partial charge in [-0.3, -0.25) is 4.90 Å². The molecule has 1 heterocycles. The monoisotopic (exact) mass is 365 g/mol. The number of benzene rings is 1. The maximum Gasteiger partial charge on any atom is 0.410 e. The molecular weight excluding hydrogens is 342 g/mol. The van der Waals surface area contributed by atoms with Crippen LogP contribution in [0.15, 0.2) is 51.0 Å². The van der Waals surface area contributed by atoms with E-state index in [1.165, 1.54) is 12.0 Å². The summed E-state index contributed by atoms with van der Waals surface area (Å²) in [5.74, 6) is 3.99. The standard InChI is InChI=1S/C21H23N3O3/c1-6-12-24(21(25)26-5)14-18-8-7-9-19(13-18)16(3)22-23-17(4)20-11-10-15(2)27-20/h1,7-11,13H,12,14H2,2-5H3. The van der Waals surface area contributed by atoms with Crippen molar-refractivity contribution in [3.05, 3.63) is 59.0 Å². The highest BCUT2D eigenvalue weighted by Gasteiger charge is 2.13. The van der Waals surface area contributed by atoms with Crippen LogP contribution in [-0.4, -0.2) is 36.1 Å². The van der Waals surface area contributed by atoms with Crippen molar-refractivity contribution in [3.8, 4) is 12.3 Å². The predicted octanol–water partition coefficient (Wildman–Crippen LogP) is 4.02. The molecule has 0 N–H and O–H groups in total. The molecule has 1 aromatic carbocycles. The number of rotatable bonds is 6. The van der Waals surface area contributed by atoms with Crippen LogP contribution in [0.1, 0.15) is 36.5 Å². The highest BCUT2D eigenvalue weighted by molar-refractivity contribution is 6.00. The molecule has 0 unspecified atom stereocenters. The Morgan fingerprint density at radius 2 is 1.96 bits per heavy atom. The first-order valence-electron chi connectivity index (χ1n) is 8.46. The van der Waals surface area contributed by atoms with E-state index in [1.54, 1.807) is 0 Å². The van der Waals surface area contributed by atoms with Crippen LogP contribution in [0, 0.1) is 19.3 Å². The highest BCUT2D eigenvalue weighted by Crippen LogP contribution is 2.12. The molecule has 6 nitrogen and oxygen atoms in total. The predicted molar refractivity (Wildman–Crippen MR) is 106 cm³/mol. The molecule has 0 saturated heterocycles. The number of furan rings is 1. The third kappa shape index (κ3) is 5.58. The zero-order chi connectivity index (χ0) is 19.8. The van der Waals surface area contributed by atoms with Crippen LogP contribution in [0.3, 0.4) is 0 Å². The summed E-state index contributed by atoms with van der Waals surface area (Å²) in [5.41, 5.74) is 3.28. The summed E-state index contributed by atoms with van der Waals surface area (Å²) < 4.78 is 10.3. The van der Waals surface area contributed by atoms with Gasteiger partial charge in [0.25, 0.3) is 0 Å². The maximum absolute atomic E-state index is 11.8. The molecule has 2 rings (SSSR count). The van der Waals surface area contributed by atoms with E-state index in [-0.39, 0.29) is 6.54 Å². The zero-order valence-electron chi connectivity index (χ0n) is 16.0. The summed E-state index contributed by atoms with van der Waals surface area (Å²) in [6.45, 7) is 6.14. The maximum atomic E-state index is 11.8. The minimum atomic E-state index is -0.460. The van der Waals surface area contributed by atoms with Crippen molar-refractivity contribution in [3.63, 3.8) is 0 Å². The van der Waals surface area contributed by atoms with Crippen molar-refractivity contribution >= 4 is 17.5 Å². The van der Waals surface area contributed by atoms with E-state index in [9.17, 15) is 4.79 Å². The quantitative estimate of drug-likeness (QED) is 0.441. The molecule has 0 atom stereocenters. The lowest BCUT2D eigenvalue weighted by atomic mass is 10.1. The number of ether oxygens (including phenoxy) is 1. The molecule has 2 aromatic rings. The minimum absolute atomic E-state index is 0.177. The number of nitrogens with zero attached hydrogens (tertiary/aromatic N) is 3. The van der Waals surface area contributed by atoms with Gasteiger partial charge in [-0.25, -0.2) is 4.79 Å². The average Bonchev–Trinajstić information content (AvgIpc) is 3.11. The van der Waals surface area contributed by atoms with E-state index in [1.807, 2.05) is 57.2 Å². The normalized spacial score (nSPS) is 11.8. The largest absolute Gasteiger partial charge is 0.460 e. The van der Waals surface area contributed by atoms with Crippen molar-refractivity contribution < 1.29 is 13.9 Å². The van der Waals surface area contributed by atoms with Gasteiger partial charge in [0.2, 0.25) is 0 Å². The van der Waals surface area contributed by atoms with Gasteiger partial charge < -0.3 is 9.15 Å². The van der Waals surface area contributed by atoms with E-state index in [0.717, 1.165) is 22.6 Å². The van der Waals surface area contributed by atoms with Crippen LogP contribution in [0.4, 0.5) is 4.79 Å². The van der Waals surface area contributed by atoms with Crippen LogP contribution in [0.2, 0.25) is 0 Å². The Morgan fingerprint density at radius 3 is 2.59 bits per heavy atom. The Bertz CT molecular complexity index is 903. The summed E-state index contributed by atoms with van der Waals surface area (Å²) in [6, 6.07) is 11.5. The SMILES string of the molecule is C#CCN(Cc1cccc(C(C)=NN=C(C)c2ccc(C)o2)c1)C(=O)OC. The Hall–Kier alpha value is -3.33. The molecule has 1 aromatic heterocycles. The van der Waals surface area contributed by atoms with Gasteiger partial charge in [0.15, 0.2) is 0 Å². The number of carbonyl (C=O) groups is 1. The Labute approximate surface area is 159 Å². The Morgan fingerprint density at radius 1 is 1.22 bits per heavy atom. The second-order valence-corrected chi connectivity index (χ2v) is 6.01. The number of aryl methyl sites for hydroxylation is 1. The first-order chi connectivity index (χ1) is 12.9. The molecule has 0 radical (unpaired) electrons. The molecule has 1 amide bonds. The lowest BCUT2D eigenvalue weighted by Crippen LogP contribution is -2.30. The van der Waals surface area contributed by atoms with E-state index < -0.39 is 6.09 Å². The van der Waals surface area contributed by atoms with Crippen molar-refractivity contribution in [1.82, 2.24) is 4.90 Å². The second kappa shape index (κ2) is 9.39. The number of terminal acetylenes is 1. The van der Waals surface area contributed by atoms with E-state index in [4.69, 9.17) is 15.6 Å². The molecule has 0 saturated carbocycles. The summed E-state index contributed by atoms with van der Waals surface area (Å²) >= 11 is 0. The van der Waals surface area contributed by atoms with Crippen LogP contribution in [0.5, 0.6) is 0 Å². The van der Waals surface area contributed by atoms with E-state index in [2.05, 4.69) is 16.1 Å². The summed E-state index contributed by atoms with van der Waals surface area (Å²) in [4.78, 5) is 13.2. The fourth-order valence-electron chi connectivity index (χ4n) is 2.43. The topological polar surface area (TPSA) is 67.4 Å². The van der Waals surface area contributed by atoms with Crippen molar-refractivity contribution in [1.29, 1.82) is 0 Å². The van der Waals surface area contributed by atoms with E-state index in [0.29, 0.717) is 18.0 Å². The van der Waals surface area contributed by atoms with Crippen LogP contribution in [0.25, 0.3) is 0 Å². The highest BCUT2D eigenvalue weighted by atomic mass is 16.5. The fourth-order valence-corrected chi connectivity index (χ4v) is 2.43. The number of amides is 1. The fraction of sp³-hybridized carbons (Fsp3) is 0.286. The Kier molecular flexibility index (Phi) is 6.95. The minimum Gasteiger partial charge on any atom is -0.460 e. The third-order valence-corrected chi connectivity index (χ3v) is 3.88. The van der Waals surface area contributed by atoms with Gasteiger partial charge in [0.05, 0.1) is 19.4 Å². The molecule has 0 spiro atoms. The lowest BCUT2D eigenvalue weighted by molar-refractivity contribution is 0.126. The number of methoxy groups -OCH3 is 1. The molecular formula is C21H23N3O3. The van der Waals surface area contributed by atoms with Gasteiger partial charge in [0, 0.05) is 6.54 Å². The molecule has 27 heavy (non-hydrogen) atoms. The molecule has 0 bridgehead atoms.